The number of carboxylic acid groups (broad SMARTS) is 1. The molecule has 4 rings (SSSR count). The fraction of sp³-hybridized carbons (Fsp3) is 0.105. The van der Waals surface area contributed by atoms with Crippen LogP contribution >= 0.6 is 27.5 Å². The summed E-state index contributed by atoms with van der Waals surface area (Å²) in [5, 5.41) is 12.6. The van der Waals surface area contributed by atoms with Crippen LogP contribution in [0.2, 0.25) is 0 Å². The fourth-order valence-corrected chi connectivity index (χ4v) is 4.04. The number of hydrogen-bond donors (Lipinski definition) is 2. The Morgan fingerprint density at radius 2 is 2.04 bits per heavy atom. The molecule has 4 aromatic rings. The van der Waals surface area contributed by atoms with Gasteiger partial charge in [-0.05, 0) is 39.6 Å². The van der Waals surface area contributed by atoms with Crippen molar-refractivity contribution in [2.75, 3.05) is 0 Å². The Bertz CT molecular complexity index is 1110. The molecule has 3 heterocycles. The number of pyridine rings is 1. The van der Waals surface area contributed by atoms with Crippen LogP contribution in [0.4, 0.5) is 0 Å². The van der Waals surface area contributed by atoms with Crippen molar-refractivity contribution in [1.29, 1.82) is 0 Å². The first-order valence-corrected chi connectivity index (χ1v) is 9.79. The highest BCUT2D eigenvalue weighted by Gasteiger charge is 2.12. The zero-order valence-corrected chi connectivity index (χ0v) is 16.5. The summed E-state index contributed by atoms with van der Waals surface area (Å²) in [5.41, 5.74) is 3.88. The first-order chi connectivity index (χ1) is 13.1. The lowest BCUT2D eigenvalue weighted by Crippen LogP contribution is -2.13. The highest BCUT2D eigenvalue weighted by atomic mass is 79.9. The molecule has 0 atom stereocenters. The number of nitrogens with zero attached hydrogens (tertiary/aromatic N) is 3. The zero-order valence-electron chi connectivity index (χ0n) is 14.1. The number of imidazole rings is 1. The Balaban J connectivity index is 1.47. The Morgan fingerprint density at radius 3 is 2.81 bits per heavy atom. The number of carboxylic acids is 1. The molecule has 1 aromatic carbocycles. The second-order valence-corrected chi connectivity index (χ2v) is 7.72. The summed E-state index contributed by atoms with van der Waals surface area (Å²) in [5.74, 6) is -0.969. The van der Waals surface area contributed by atoms with E-state index in [2.05, 4.69) is 36.7 Å². The molecule has 3 aromatic heterocycles. The van der Waals surface area contributed by atoms with Gasteiger partial charge in [-0.2, -0.15) is 4.37 Å². The first-order valence-electron chi connectivity index (χ1n) is 8.22. The maximum absolute atomic E-state index is 11.3. The quantitative estimate of drug-likeness (QED) is 0.467. The molecule has 27 heavy (non-hydrogen) atoms. The van der Waals surface area contributed by atoms with Gasteiger partial charge in [0.05, 0.1) is 27.6 Å². The number of benzene rings is 1. The smallest absolute Gasteiger partial charge is 0.337 e. The third-order valence-corrected chi connectivity index (χ3v) is 5.49. The van der Waals surface area contributed by atoms with E-state index in [1.165, 1.54) is 11.5 Å². The Morgan fingerprint density at radius 1 is 1.22 bits per heavy atom. The van der Waals surface area contributed by atoms with Crippen molar-refractivity contribution >= 4 is 39.1 Å². The number of aromatic nitrogens is 3. The molecule has 0 radical (unpaired) electrons. The molecular formula is C19H15BrN4O2S. The Hall–Kier alpha value is -2.55. The van der Waals surface area contributed by atoms with Gasteiger partial charge in [0.1, 0.15) is 0 Å². The summed E-state index contributed by atoms with van der Waals surface area (Å²) < 4.78 is 6.96. The molecule has 0 aliphatic heterocycles. The second-order valence-electron chi connectivity index (χ2n) is 5.97. The monoisotopic (exact) mass is 442 g/mol. The number of fused-ring (bicyclic) bond motifs is 1. The summed E-state index contributed by atoms with van der Waals surface area (Å²) in [6.45, 7) is 1.24. The minimum Gasteiger partial charge on any atom is -0.478 e. The number of hydrogen-bond acceptors (Lipinski definition) is 5. The minimum atomic E-state index is -0.969. The molecule has 0 aliphatic carbocycles. The van der Waals surface area contributed by atoms with E-state index in [4.69, 9.17) is 0 Å². The molecule has 0 aliphatic rings. The van der Waals surface area contributed by atoms with E-state index < -0.39 is 5.97 Å². The number of rotatable bonds is 6. The van der Waals surface area contributed by atoms with Gasteiger partial charge < -0.3 is 14.8 Å². The molecule has 0 spiro atoms. The van der Waals surface area contributed by atoms with Crippen molar-refractivity contribution < 1.29 is 9.90 Å². The first kappa shape index (κ1) is 17.8. The van der Waals surface area contributed by atoms with Crippen LogP contribution in [0.25, 0.3) is 16.9 Å². The van der Waals surface area contributed by atoms with Gasteiger partial charge in [0.15, 0.2) is 5.65 Å². The minimum absolute atomic E-state index is 0.212. The molecule has 0 unspecified atom stereocenters. The number of halogens is 1. The topological polar surface area (TPSA) is 79.5 Å². The van der Waals surface area contributed by atoms with Crippen LogP contribution in [-0.4, -0.2) is 24.8 Å². The molecule has 8 heteroatoms. The number of aromatic carboxylic acids is 1. The molecule has 0 saturated carbocycles. The Labute approximate surface area is 167 Å². The van der Waals surface area contributed by atoms with E-state index in [0.717, 1.165) is 21.8 Å². The third kappa shape index (κ3) is 3.78. The molecule has 0 amide bonds. The molecule has 2 N–H and O–H groups in total. The summed E-state index contributed by atoms with van der Waals surface area (Å²) in [7, 11) is 0. The molecule has 0 saturated heterocycles. The predicted octanol–water partition coefficient (Wildman–Crippen LogP) is 4.21. The van der Waals surface area contributed by atoms with Gasteiger partial charge in [0.2, 0.25) is 0 Å². The van der Waals surface area contributed by atoms with E-state index in [1.54, 1.807) is 22.9 Å². The summed E-state index contributed by atoms with van der Waals surface area (Å²) in [6, 6.07) is 13.7. The van der Waals surface area contributed by atoms with E-state index in [9.17, 15) is 9.90 Å². The van der Waals surface area contributed by atoms with E-state index in [0.29, 0.717) is 23.2 Å². The van der Waals surface area contributed by atoms with Crippen molar-refractivity contribution in [2.24, 2.45) is 0 Å². The molecular weight excluding hydrogens is 428 g/mol. The van der Waals surface area contributed by atoms with Crippen LogP contribution in [0, 0.1) is 0 Å². The van der Waals surface area contributed by atoms with Crippen LogP contribution < -0.4 is 5.32 Å². The van der Waals surface area contributed by atoms with E-state index >= 15 is 0 Å². The normalized spacial score (nSPS) is 11.1. The van der Waals surface area contributed by atoms with Gasteiger partial charge in [0, 0.05) is 29.7 Å². The average molecular weight is 443 g/mol. The van der Waals surface area contributed by atoms with Gasteiger partial charge in [-0.15, -0.1) is 0 Å². The van der Waals surface area contributed by atoms with Gasteiger partial charge >= 0.3 is 5.97 Å². The van der Waals surface area contributed by atoms with Crippen LogP contribution in [0.3, 0.4) is 0 Å². The molecule has 0 fully saturated rings. The van der Waals surface area contributed by atoms with Gasteiger partial charge in [0.25, 0.3) is 0 Å². The van der Waals surface area contributed by atoms with Crippen LogP contribution in [-0.2, 0) is 13.1 Å². The molecule has 0 bridgehead atoms. The maximum atomic E-state index is 11.3. The van der Waals surface area contributed by atoms with Crippen molar-refractivity contribution in [3.63, 3.8) is 0 Å². The highest BCUT2D eigenvalue weighted by molar-refractivity contribution is 9.10. The summed E-state index contributed by atoms with van der Waals surface area (Å²) in [6.07, 6.45) is 3.34. The van der Waals surface area contributed by atoms with Crippen molar-refractivity contribution in [2.45, 2.75) is 13.1 Å². The lowest BCUT2D eigenvalue weighted by Gasteiger charge is -2.05. The summed E-state index contributed by atoms with van der Waals surface area (Å²) in [4.78, 5) is 16.8. The maximum Gasteiger partial charge on any atom is 0.337 e. The summed E-state index contributed by atoms with van der Waals surface area (Å²) >= 11 is 4.86. The van der Waals surface area contributed by atoms with Gasteiger partial charge in [-0.3, -0.25) is 0 Å². The highest BCUT2D eigenvalue weighted by Crippen LogP contribution is 2.22. The lowest BCUT2D eigenvalue weighted by molar-refractivity contribution is 0.0696. The zero-order chi connectivity index (χ0) is 18.8. The van der Waals surface area contributed by atoms with Crippen LogP contribution in [0.5, 0.6) is 0 Å². The van der Waals surface area contributed by atoms with Gasteiger partial charge in [-0.25, -0.2) is 9.78 Å². The van der Waals surface area contributed by atoms with Crippen molar-refractivity contribution in [3.8, 4) is 11.3 Å². The Kier molecular flexibility index (Phi) is 5.02. The van der Waals surface area contributed by atoms with Crippen LogP contribution in [0.1, 0.15) is 20.9 Å². The lowest BCUT2D eigenvalue weighted by atomic mass is 10.1. The fourth-order valence-electron chi connectivity index (χ4n) is 2.80. The van der Waals surface area contributed by atoms with E-state index in [-0.39, 0.29) is 5.56 Å². The average Bonchev–Trinajstić information content (AvgIpc) is 3.30. The second kappa shape index (κ2) is 7.59. The van der Waals surface area contributed by atoms with Crippen molar-refractivity contribution in [3.05, 3.63) is 75.5 Å². The number of carbonyl (C=O) groups is 1. The van der Waals surface area contributed by atoms with Gasteiger partial charge in [-0.1, -0.05) is 30.3 Å². The number of nitrogens with one attached hydrogen (secondary N) is 1. The SMILES string of the molecule is O=C(O)c1cc(Br)c2ncc(CNCc3cc(-c4ccccc4)ns3)n2c1. The van der Waals surface area contributed by atoms with Crippen LogP contribution in [0.15, 0.2) is 59.3 Å². The van der Waals surface area contributed by atoms with E-state index in [1.807, 2.05) is 30.3 Å². The third-order valence-electron chi connectivity index (χ3n) is 4.12. The predicted molar refractivity (Wildman–Crippen MR) is 108 cm³/mol. The molecule has 6 nitrogen and oxygen atoms in total. The standard InChI is InChI=1S/C19H15BrN4O2S/c20-16-6-13(19(25)26)11-24-14(9-22-18(16)24)8-21-10-15-7-17(23-27-15)12-4-2-1-3-5-12/h1-7,9,11,21H,8,10H2,(H,25,26). The largest absolute Gasteiger partial charge is 0.478 e. The molecule has 136 valence electrons. The van der Waals surface area contributed by atoms with Crippen molar-refractivity contribution in [1.82, 2.24) is 19.1 Å².